The molecule has 2 aromatic carbocycles. The molecule has 2 heterocycles. The maximum atomic E-state index is 13.2. The third-order valence-electron chi connectivity index (χ3n) is 5.49. The number of ether oxygens (including phenoxy) is 1. The maximum Gasteiger partial charge on any atom is 0.223 e. The normalized spacial score (nSPS) is 13.1. The summed E-state index contributed by atoms with van der Waals surface area (Å²) in [6.07, 6.45) is 4.02. The zero-order valence-corrected chi connectivity index (χ0v) is 17.0. The molecule has 1 aliphatic rings. The summed E-state index contributed by atoms with van der Waals surface area (Å²) in [4.78, 5) is 23.6. The van der Waals surface area contributed by atoms with Crippen LogP contribution in [0, 0.1) is 5.82 Å². The molecule has 0 fully saturated rings. The quantitative estimate of drug-likeness (QED) is 0.627. The lowest BCUT2D eigenvalue weighted by Gasteiger charge is -2.29. The fourth-order valence-corrected chi connectivity index (χ4v) is 3.80. The SMILES string of the molecule is COc1cccc(CCC(=O)N2CCc3ncnc(Cc4ccc(F)cc4)c3C2)c1. The van der Waals surface area contributed by atoms with Gasteiger partial charge in [-0.25, -0.2) is 14.4 Å². The number of fused-ring (bicyclic) bond motifs is 1. The molecule has 0 bridgehead atoms. The van der Waals surface area contributed by atoms with Gasteiger partial charge in [0.15, 0.2) is 0 Å². The zero-order valence-electron chi connectivity index (χ0n) is 17.0. The van der Waals surface area contributed by atoms with Crippen LogP contribution in [0.15, 0.2) is 54.9 Å². The highest BCUT2D eigenvalue weighted by molar-refractivity contribution is 5.76. The van der Waals surface area contributed by atoms with Crippen LogP contribution in [0.25, 0.3) is 0 Å². The molecule has 0 unspecified atom stereocenters. The van der Waals surface area contributed by atoms with Crippen molar-refractivity contribution in [3.63, 3.8) is 0 Å². The molecule has 1 amide bonds. The number of hydrogen-bond acceptors (Lipinski definition) is 4. The third-order valence-corrected chi connectivity index (χ3v) is 5.49. The Labute approximate surface area is 175 Å². The number of carbonyl (C=O) groups is 1. The van der Waals surface area contributed by atoms with Gasteiger partial charge >= 0.3 is 0 Å². The van der Waals surface area contributed by atoms with Crippen LogP contribution in [0.4, 0.5) is 4.39 Å². The van der Waals surface area contributed by atoms with Gasteiger partial charge in [-0.3, -0.25) is 4.79 Å². The van der Waals surface area contributed by atoms with E-state index in [0.29, 0.717) is 32.4 Å². The molecule has 5 nitrogen and oxygen atoms in total. The maximum absolute atomic E-state index is 13.2. The zero-order chi connectivity index (χ0) is 20.9. The molecule has 4 rings (SSSR count). The minimum absolute atomic E-state index is 0.125. The van der Waals surface area contributed by atoms with E-state index in [-0.39, 0.29) is 11.7 Å². The van der Waals surface area contributed by atoms with E-state index in [1.54, 1.807) is 25.6 Å². The van der Waals surface area contributed by atoms with E-state index < -0.39 is 0 Å². The Kier molecular flexibility index (Phi) is 6.02. The molecular weight excluding hydrogens is 381 g/mol. The molecule has 6 heteroatoms. The van der Waals surface area contributed by atoms with Crippen molar-refractivity contribution in [2.75, 3.05) is 13.7 Å². The van der Waals surface area contributed by atoms with Crippen molar-refractivity contribution in [1.29, 1.82) is 0 Å². The van der Waals surface area contributed by atoms with Gasteiger partial charge in [-0.15, -0.1) is 0 Å². The number of amides is 1. The molecule has 1 aromatic heterocycles. The highest BCUT2D eigenvalue weighted by Crippen LogP contribution is 2.23. The molecule has 154 valence electrons. The van der Waals surface area contributed by atoms with Gasteiger partial charge in [0.05, 0.1) is 18.5 Å². The summed E-state index contributed by atoms with van der Waals surface area (Å²) in [5.41, 5.74) is 4.98. The predicted molar refractivity (Wildman–Crippen MR) is 112 cm³/mol. The number of aromatic nitrogens is 2. The average molecular weight is 405 g/mol. The van der Waals surface area contributed by atoms with E-state index in [1.165, 1.54) is 12.1 Å². The lowest BCUT2D eigenvalue weighted by atomic mass is 9.99. The van der Waals surface area contributed by atoms with Gasteiger partial charge in [0, 0.05) is 37.9 Å². The van der Waals surface area contributed by atoms with Crippen molar-refractivity contribution < 1.29 is 13.9 Å². The summed E-state index contributed by atoms with van der Waals surface area (Å²) in [5, 5.41) is 0. The van der Waals surface area contributed by atoms with E-state index in [4.69, 9.17) is 4.74 Å². The summed E-state index contributed by atoms with van der Waals surface area (Å²) in [5.74, 6) is 0.672. The van der Waals surface area contributed by atoms with Gasteiger partial charge in [0.25, 0.3) is 0 Å². The Balaban J connectivity index is 1.44. The number of carbonyl (C=O) groups excluding carboxylic acids is 1. The first-order valence-electron chi connectivity index (χ1n) is 10.1. The van der Waals surface area contributed by atoms with Crippen LogP contribution < -0.4 is 4.74 Å². The Bertz CT molecular complexity index is 1040. The molecule has 0 aliphatic carbocycles. The molecule has 0 spiro atoms. The lowest BCUT2D eigenvalue weighted by molar-refractivity contribution is -0.132. The fourth-order valence-electron chi connectivity index (χ4n) is 3.80. The molecule has 0 N–H and O–H groups in total. The number of methoxy groups -OCH3 is 1. The molecule has 0 saturated heterocycles. The van der Waals surface area contributed by atoms with Gasteiger partial charge in [0.1, 0.15) is 17.9 Å². The van der Waals surface area contributed by atoms with Crippen molar-refractivity contribution in [3.8, 4) is 5.75 Å². The second-order valence-electron chi connectivity index (χ2n) is 7.47. The molecule has 30 heavy (non-hydrogen) atoms. The molecule has 0 atom stereocenters. The molecule has 3 aromatic rings. The van der Waals surface area contributed by atoms with E-state index in [1.807, 2.05) is 29.2 Å². The first kappa shape index (κ1) is 20.0. The number of rotatable bonds is 6. The monoisotopic (exact) mass is 405 g/mol. The minimum Gasteiger partial charge on any atom is -0.497 e. The number of benzene rings is 2. The van der Waals surface area contributed by atoms with E-state index >= 15 is 0 Å². The molecular formula is C24H24FN3O2. The number of hydrogen-bond donors (Lipinski definition) is 0. The first-order chi connectivity index (χ1) is 14.6. The summed E-state index contributed by atoms with van der Waals surface area (Å²) >= 11 is 0. The molecule has 0 radical (unpaired) electrons. The average Bonchev–Trinajstić information content (AvgIpc) is 2.79. The number of halogens is 1. The lowest BCUT2D eigenvalue weighted by Crippen LogP contribution is -2.37. The van der Waals surface area contributed by atoms with E-state index in [9.17, 15) is 9.18 Å². The summed E-state index contributed by atoms with van der Waals surface area (Å²) in [6.45, 7) is 1.18. The third kappa shape index (κ3) is 4.64. The highest BCUT2D eigenvalue weighted by atomic mass is 19.1. The van der Waals surface area contributed by atoms with E-state index in [0.717, 1.165) is 40.2 Å². The Morgan fingerprint density at radius 1 is 1.13 bits per heavy atom. The Morgan fingerprint density at radius 2 is 1.97 bits per heavy atom. The standard InChI is InChI=1S/C24H24FN3O2/c1-30-20-4-2-3-17(13-20)7-10-24(29)28-12-11-22-21(15-28)23(27-16-26-22)14-18-5-8-19(25)9-6-18/h2-6,8-9,13,16H,7,10-12,14-15H2,1H3. The Hall–Kier alpha value is -3.28. The summed E-state index contributed by atoms with van der Waals surface area (Å²) in [6, 6.07) is 14.3. The first-order valence-corrected chi connectivity index (χ1v) is 10.1. The minimum atomic E-state index is -0.253. The summed E-state index contributed by atoms with van der Waals surface area (Å²) in [7, 11) is 1.64. The number of nitrogens with zero attached hydrogens (tertiary/aromatic N) is 3. The topological polar surface area (TPSA) is 55.3 Å². The van der Waals surface area contributed by atoms with Crippen LogP contribution in [0.1, 0.15) is 34.5 Å². The molecule has 0 saturated carbocycles. The second kappa shape index (κ2) is 9.03. The van der Waals surface area contributed by atoms with Crippen LogP contribution in [-0.2, 0) is 30.6 Å². The predicted octanol–water partition coefficient (Wildman–Crippen LogP) is 3.73. The van der Waals surface area contributed by atoms with Crippen molar-refractivity contribution in [2.45, 2.75) is 32.2 Å². The second-order valence-corrected chi connectivity index (χ2v) is 7.47. The van der Waals surface area contributed by atoms with Gasteiger partial charge in [-0.2, -0.15) is 0 Å². The molecule has 1 aliphatic heterocycles. The van der Waals surface area contributed by atoms with Gasteiger partial charge in [-0.05, 0) is 41.8 Å². The van der Waals surface area contributed by atoms with Crippen LogP contribution in [0.5, 0.6) is 5.75 Å². The summed E-state index contributed by atoms with van der Waals surface area (Å²) < 4.78 is 18.5. The fraction of sp³-hybridized carbons (Fsp3) is 0.292. The highest BCUT2D eigenvalue weighted by Gasteiger charge is 2.24. The Morgan fingerprint density at radius 3 is 2.77 bits per heavy atom. The van der Waals surface area contributed by atoms with Gasteiger partial charge < -0.3 is 9.64 Å². The van der Waals surface area contributed by atoms with Crippen LogP contribution in [0.2, 0.25) is 0 Å². The van der Waals surface area contributed by atoms with Crippen molar-refractivity contribution >= 4 is 5.91 Å². The van der Waals surface area contributed by atoms with Crippen molar-refractivity contribution in [3.05, 3.63) is 88.8 Å². The smallest absolute Gasteiger partial charge is 0.223 e. The number of aryl methyl sites for hydroxylation is 1. The van der Waals surface area contributed by atoms with Gasteiger partial charge in [-0.1, -0.05) is 24.3 Å². The van der Waals surface area contributed by atoms with Crippen molar-refractivity contribution in [1.82, 2.24) is 14.9 Å². The van der Waals surface area contributed by atoms with Crippen LogP contribution in [-0.4, -0.2) is 34.4 Å². The van der Waals surface area contributed by atoms with Gasteiger partial charge in [0.2, 0.25) is 5.91 Å². The van der Waals surface area contributed by atoms with Crippen molar-refractivity contribution in [2.24, 2.45) is 0 Å². The van der Waals surface area contributed by atoms with Crippen LogP contribution in [0.3, 0.4) is 0 Å². The largest absolute Gasteiger partial charge is 0.497 e. The van der Waals surface area contributed by atoms with E-state index in [2.05, 4.69) is 9.97 Å². The van der Waals surface area contributed by atoms with Crippen LogP contribution >= 0.6 is 0 Å².